The van der Waals surface area contributed by atoms with Crippen molar-refractivity contribution in [3.63, 3.8) is 0 Å². The molecule has 6 heteroatoms. The molecule has 0 atom stereocenters. The summed E-state index contributed by atoms with van der Waals surface area (Å²) in [7, 11) is 0. The first kappa shape index (κ1) is 14.6. The molecule has 0 N–H and O–H groups in total. The largest absolute Gasteiger partial charge is 0.368 e. The van der Waals surface area contributed by atoms with E-state index in [9.17, 15) is 0 Å². The fourth-order valence-electron chi connectivity index (χ4n) is 2.72. The van der Waals surface area contributed by atoms with Crippen molar-refractivity contribution in [2.45, 2.75) is 6.92 Å². The predicted molar refractivity (Wildman–Crippen MR) is 87.4 cm³/mol. The van der Waals surface area contributed by atoms with Crippen LogP contribution in [0.5, 0.6) is 0 Å². The predicted octanol–water partition coefficient (Wildman–Crippen LogP) is 2.64. The summed E-state index contributed by atoms with van der Waals surface area (Å²) in [5, 5.41) is 9.90. The third-order valence-electron chi connectivity index (χ3n) is 3.88. The van der Waals surface area contributed by atoms with Crippen molar-refractivity contribution >= 4 is 23.1 Å². The lowest BCUT2D eigenvalue weighted by Gasteiger charge is -2.37. The molecule has 0 radical (unpaired) electrons. The monoisotopic (exact) mass is 313 g/mol. The number of benzene rings is 1. The molecule has 2 heterocycles. The van der Waals surface area contributed by atoms with Gasteiger partial charge in [-0.2, -0.15) is 5.26 Å². The zero-order valence-electron chi connectivity index (χ0n) is 12.3. The van der Waals surface area contributed by atoms with Crippen LogP contribution in [0.15, 0.2) is 30.6 Å². The molecular weight excluding hydrogens is 298 g/mol. The van der Waals surface area contributed by atoms with Crippen molar-refractivity contribution in [2.24, 2.45) is 0 Å². The molecule has 5 nitrogen and oxygen atoms in total. The summed E-state index contributed by atoms with van der Waals surface area (Å²) in [6, 6.07) is 8.07. The number of hydrogen-bond donors (Lipinski definition) is 0. The van der Waals surface area contributed by atoms with Crippen molar-refractivity contribution in [2.75, 3.05) is 36.0 Å². The van der Waals surface area contributed by atoms with Crippen LogP contribution in [-0.2, 0) is 0 Å². The van der Waals surface area contributed by atoms with Crippen molar-refractivity contribution in [1.82, 2.24) is 9.97 Å². The normalized spacial score (nSPS) is 14.8. The highest BCUT2D eigenvalue weighted by Gasteiger charge is 2.21. The van der Waals surface area contributed by atoms with Gasteiger partial charge in [-0.1, -0.05) is 17.7 Å². The maximum Gasteiger partial charge on any atom is 0.183 e. The first-order valence-electron chi connectivity index (χ1n) is 7.16. The number of hydrogen-bond acceptors (Lipinski definition) is 5. The van der Waals surface area contributed by atoms with Crippen molar-refractivity contribution in [3.8, 4) is 6.07 Å². The fourth-order valence-corrected chi connectivity index (χ4v) is 2.89. The van der Waals surface area contributed by atoms with Gasteiger partial charge >= 0.3 is 0 Å². The molecule has 0 amide bonds. The minimum absolute atomic E-state index is 0.384. The Morgan fingerprint density at radius 1 is 1.09 bits per heavy atom. The zero-order chi connectivity index (χ0) is 15.5. The van der Waals surface area contributed by atoms with Crippen LogP contribution in [0.2, 0.25) is 5.02 Å². The van der Waals surface area contributed by atoms with E-state index < -0.39 is 0 Å². The van der Waals surface area contributed by atoms with Gasteiger partial charge in [0.05, 0.1) is 0 Å². The van der Waals surface area contributed by atoms with Gasteiger partial charge in [0, 0.05) is 49.3 Å². The van der Waals surface area contributed by atoms with Crippen LogP contribution in [0.25, 0.3) is 0 Å². The molecular formula is C16H16ClN5. The maximum atomic E-state index is 9.14. The van der Waals surface area contributed by atoms with E-state index in [2.05, 4.69) is 32.8 Å². The molecule has 1 aromatic heterocycles. The highest BCUT2D eigenvalue weighted by Crippen LogP contribution is 2.26. The summed E-state index contributed by atoms with van der Waals surface area (Å²) in [5.41, 5.74) is 2.77. The lowest BCUT2D eigenvalue weighted by atomic mass is 10.1. The Labute approximate surface area is 134 Å². The molecule has 2 aromatic rings. The van der Waals surface area contributed by atoms with Crippen LogP contribution < -0.4 is 9.80 Å². The van der Waals surface area contributed by atoms with E-state index in [4.69, 9.17) is 16.9 Å². The van der Waals surface area contributed by atoms with Gasteiger partial charge in [-0.05, 0) is 24.6 Å². The summed E-state index contributed by atoms with van der Waals surface area (Å²) < 4.78 is 0. The van der Waals surface area contributed by atoms with Gasteiger partial charge in [0.1, 0.15) is 6.07 Å². The molecule has 112 valence electrons. The van der Waals surface area contributed by atoms with Gasteiger partial charge < -0.3 is 9.80 Å². The highest BCUT2D eigenvalue weighted by atomic mass is 35.5. The maximum absolute atomic E-state index is 9.14. The highest BCUT2D eigenvalue weighted by molar-refractivity contribution is 6.30. The molecule has 1 fully saturated rings. The standard InChI is InChI=1S/C16H16ClN5/c1-12-2-3-13(17)10-15(12)21-6-8-22(9-7-21)16-14(11-18)19-4-5-20-16/h2-5,10H,6-9H2,1H3. The summed E-state index contributed by atoms with van der Waals surface area (Å²) in [6.45, 7) is 5.43. The lowest BCUT2D eigenvalue weighted by Crippen LogP contribution is -2.47. The van der Waals surface area contributed by atoms with Crippen molar-refractivity contribution in [1.29, 1.82) is 5.26 Å². The molecule has 0 saturated carbocycles. The number of nitriles is 1. The van der Waals surface area contributed by atoms with E-state index in [1.165, 1.54) is 11.3 Å². The van der Waals surface area contributed by atoms with E-state index in [1.807, 2.05) is 18.2 Å². The molecule has 1 aliphatic rings. The number of nitrogens with zero attached hydrogens (tertiary/aromatic N) is 5. The molecule has 3 rings (SSSR count). The Bertz CT molecular complexity index is 717. The minimum atomic E-state index is 0.384. The Kier molecular flexibility index (Phi) is 4.12. The molecule has 22 heavy (non-hydrogen) atoms. The van der Waals surface area contributed by atoms with Crippen molar-refractivity contribution in [3.05, 3.63) is 46.9 Å². The van der Waals surface area contributed by atoms with Crippen molar-refractivity contribution < 1.29 is 0 Å². The number of piperazine rings is 1. The Morgan fingerprint density at radius 3 is 2.50 bits per heavy atom. The number of rotatable bonds is 2. The molecule has 1 aromatic carbocycles. The summed E-state index contributed by atoms with van der Waals surface area (Å²) >= 11 is 6.11. The van der Waals surface area contributed by atoms with Gasteiger partial charge in [0.2, 0.25) is 0 Å². The summed E-state index contributed by atoms with van der Waals surface area (Å²) in [4.78, 5) is 12.8. The molecule has 0 spiro atoms. The van der Waals surface area contributed by atoms with E-state index >= 15 is 0 Å². The topological polar surface area (TPSA) is 56.1 Å². The molecule has 1 aliphatic heterocycles. The second-order valence-corrected chi connectivity index (χ2v) is 5.68. The van der Waals surface area contributed by atoms with Crippen LogP contribution in [0.3, 0.4) is 0 Å². The molecule has 1 saturated heterocycles. The van der Waals surface area contributed by atoms with Crippen LogP contribution in [0, 0.1) is 18.3 Å². The summed E-state index contributed by atoms with van der Waals surface area (Å²) in [5.74, 6) is 0.674. The third kappa shape index (κ3) is 2.83. The van der Waals surface area contributed by atoms with E-state index in [0.717, 1.165) is 31.2 Å². The quantitative estimate of drug-likeness (QED) is 0.853. The second-order valence-electron chi connectivity index (χ2n) is 5.25. The molecule has 0 bridgehead atoms. The second kappa shape index (κ2) is 6.20. The lowest BCUT2D eigenvalue weighted by molar-refractivity contribution is 0.644. The summed E-state index contributed by atoms with van der Waals surface area (Å²) in [6.07, 6.45) is 3.18. The average Bonchev–Trinajstić information content (AvgIpc) is 2.57. The van der Waals surface area contributed by atoms with E-state index in [-0.39, 0.29) is 0 Å². The van der Waals surface area contributed by atoms with Gasteiger partial charge in [-0.15, -0.1) is 0 Å². The van der Waals surface area contributed by atoms with Crippen LogP contribution >= 0.6 is 11.6 Å². The Balaban J connectivity index is 1.75. The van der Waals surface area contributed by atoms with Crippen LogP contribution in [0.1, 0.15) is 11.3 Å². The molecule has 0 aliphatic carbocycles. The first-order valence-corrected chi connectivity index (χ1v) is 7.54. The van der Waals surface area contributed by atoms with Crippen LogP contribution in [-0.4, -0.2) is 36.1 Å². The van der Waals surface area contributed by atoms with E-state index in [1.54, 1.807) is 12.4 Å². The van der Waals surface area contributed by atoms with E-state index in [0.29, 0.717) is 11.5 Å². The minimum Gasteiger partial charge on any atom is -0.368 e. The number of anilines is 2. The van der Waals surface area contributed by atoms with Crippen LogP contribution in [0.4, 0.5) is 11.5 Å². The zero-order valence-corrected chi connectivity index (χ0v) is 13.1. The van der Waals surface area contributed by atoms with Gasteiger partial charge in [0.25, 0.3) is 0 Å². The third-order valence-corrected chi connectivity index (χ3v) is 4.11. The SMILES string of the molecule is Cc1ccc(Cl)cc1N1CCN(c2nccnc2C#N)CC1. The molecule has 0 unspecified atom stereocenters. The Hall–Kier alpha value is -2.32. The first-order chi connectivity index (χ1) is 10.7. The number of halogens is 1. The Morgan fingerprint density at radius 2 is 1.77 bits per heavy atom. The van der Waals surface area contributed by atoms with Gasteiger partial charge in [-0.3, -0.25) is 0 Å². The number of aromatic nitrogens is 2. The average molecular weight is 314 g/mol. The van der Waals surface area contributed by atoms with Gasteiger partial charge in [0.15, 0.2) is 11.5 Å². The van der Waals surface area contributed by atoms with Gasteiger partial charge in [-0.25, -0.2) is 9.97 Å². The smallest absolute Gasteiger partial charge is 0.183 e. The number of aryl methyl sites for hydroxylation is 1. The fraction of sp³-hybridized carbons (Fsp3) is 0.312.